The van der Waals surface area contributed by atoms with Crippen molar-refractivity contribution in [2.75, 3.05) is 20.2 Å². The maximum Gasteiger partial charge on any atom is 0.258 e. The van der Waals surface area contributed by atoms with Crippen LogP contribution in [0, 0.1) is 6.92 Å². The van der Waals surface area contributed by atoms with E-state index in [1.165, 1.54) is 11.1 Å². The van der Waals surface area contributed by atoms with Gasteiger partial charge in [-0.2, -0.15) is 9.97 Å². The van der Waals surface area contributed by atoms with Crippen LogP contribution in [-0.2, 0) is 12.0 Å². The van der Waals surface area contributed by atoms with Crippen molar-refractivity contribution in [1.29, 1.82) is 0 Å². The van der Waals surface area contributed by atoms with Crippen LogP contribution in [0.3, 0.4) is 0 Å². The topological polar surface area (TPSA) is 90.3 Å². The highest BCUT2D eigenvalue weighted by atomic mass is 16.5. The molecule has 3 heterocycles. The van der Waals surface area contributed by atoms with E-state index in [1.54, 1.807) is 7.11 Å². The molecule has 2 aromatic heterocycles. The molecule has 0 saturated carbocycles. The fourth-order valence-electron chi connectivity index (χ4n) is 5.07. The van der Waals surface area contributed by atoms with Gasteiger partial charge in [-0.1, -0.05) is 40.7 Å². The molecule has 1 aliphatic carbocycles. The molecule has 0 N–H and O–H groups in total. The number of allylic oxidation sites excluding steroid dienone is 1. The maximum atomic E-state index is 5.75. The summed E-state index contributed by atoms with van der Waals surface area (Å²) in [6.07, 6.45) is 4.34. The average Bonchev–Trinajstić information content (AvgIpc) is 3.59. The van der Waals surface area contributed by atoms with Crippen molar-refractivity contribution in [3.05, 3.63) is 83.3 Å². The number of likely N-dealkylation sites (tertiary alicyclic amines) is 1. The van der Waals surface area contributed by atoms with Gasteiger partial charge in [0.1, 0.15) is 5.75 Å². The fourth-order valence-corrected chi connectivity index (χ4v) is 5.07. The summed E-state index contributed by atoms with van der Waals surface area (Å²) < 4.78 is 16.3. The first-order valence-electron chi connectivity index (χ1n) is 11.5. The number of nitrogens with zero attached hydrogens (tertiary/aromatic N) is 5. The largest absolute Gasteiger partial charge is 0.497 e. The lowest BCUT2D eigenvalue weighted by atomic mass is 9.74. The molecule has 0 unspecified atom stereocenters. The van der Waals surface area contributed by atoms with Crippen LogP contribution in [0.5, 0.6) is 5.75 Å². The standard InChI is InChI=1S/C26H25N5O3/c1-17-27-23(33-29-17)16-31-13-11-26(12-14-31)15-21(20-5-3-4-6-22(20)26)25-28-24(30-34-25)18-7-9-19(32-2)10-8-18/h3-10,15H,11-14,16H2,1-2H3. The number of piperidine rings is 1. The third kappa shape index (κ3) is 3.60. The van der Waals surface area contributed by atoms with Crippen LogP contribution in [0.15, 0.2) is 63.7 Å². The van der Waals surface area contributed by atoms with E-state index in [4.69, 9.17) is 18.8 Å². The van der Waals surface area contributed by atoms with E-state index in [0.717, 1.165) is 42.8 Å². The highest BCUT2D eigenvalue weighted by Gasteiger charge is 2.42. The van der Waals surface area contributed by atoms with E-state index in [9.17, 15) is 0 Å². The van der Waals surface area contributed by atoms with Crippen LogP contribution >= 0.6 is 0 Å². The highest BCUT2D eigenvalue weighted by molar-refractivity contribution is 5.84. The number of aromatic nitrogens is 4. The van der Waals surface area contributed by atoms with E-state index in [1.807, 2.05) is 31.2 Å². The first-order chi connectivity index (χ1) is 16.6. The summed E-state index contributed by atoms with van der Waals surface area (Å²) in [5.74, 6) is 3.27. The smallest absolute Gasteiger partial charge is 0.258 e. The molecule has 0 atom stereocenters. The number of rotatable bonds is 5. The zero-order chi connectivity index (χ0) is 23.1. The van der Waals surface area contributed by atoms with Crippen molar-refractivity contribution in [3.63, 3.8) is 0 Å². The molecule has 1 spiro atoms. The Morgan fingerprint density at radius 1 is 0.971 bits per heavy atom. The third-order valence-electron chi connectivity index (χ3n) is 6.86. The summed E-state index contributed by atoms with van der Waals surface area (Å²) in [6, 6.07) is 16.2. The van der Waals surface area contributed by atoms with Gasteiger partial charge in [0.2, 0.25) is 11.7 Å². The Morgan fingerprint density at radius 2 is 1.76 bits per heavy atom. The third-order valence-corrected chi connectivity index (χ3v) is 6.86. The van der Waals surface area contributed by atoms with Gasteiger partial charge < -0.3 is 13.8 Å². The predicted octanol–water partition coefficient (Wildman–Crippen LogP) is 4.42. The number of benzene rings is 2. The summed E-state index contributed by atoms with van der Waals surface area (Å²) in [7, 11) is 1.65. The fraction of sp³-hybridized carbons (Fsp3) is 0.308. The van der Waals surface area contributed by atoms with Crippen LogP contribution in [0.2, 0.25) is 0 Å². The van der Waals surface area contributed by atoms with E-state index in [2.05, 4.69) is 50.5 Å². The second-order valence-electron chi connectivity index (χ2n) is 8.92. The van der Waals surface area contributed by atoms with Crippen molar-refractivity contribution >= 4 is 5.57 Å². The van der Waals surface area contributed by atoms with Crippen molar-refractivity contribution in [3.8, 4) is 17.1 Å². The molecular weight excluding hydrogens is 430 g/mol. The summed E-state index contributed by atoms with van der Waals surface area (Å²) in [5, 5.41) is 8.16. The normalized spacial score (nSPS) is 17.1. The van der Waals surface area contributed by atoms with Gasteiger partial charge in [0.15, 0.2) is 5.82 Å². The Kier molecular flexibility index (Phi) is 5.03. The molecule has 8 nitrogen and oxygen atoms in total. The van der Waals surface area contributed by atoms with Crippen LogP contribution in [0.1, 0.15) is 41.6 Å². The second kappa shape index (κ2) is 8.22. The SMILES string of the molecule is COc1ccc(-c2noc(C3=CC4(CCN(Cc5nc(C)no5)CC4)c4ccccc43)n2)cc1. The number of aryl methyl sites for hydroxylation is 1. The Bertz CT molecular complexity index is 1350. The molecule has 6 rings (SSSR count). The lowest BCUT2D eigenvalue weighted by Crippen LogP contribution is -2.40. The quantitative estimate of drug-likeness (QED) is 0.437. The van der Waals surface area contributed by atoms with Gasteiger partial charge in [-0.15, -0.1) is 0 Å². The number of hydrogen-bond acceptors (Lipinski definition) is 8. The first kappa shape index (κ1) is 20.8. The molecule has 1 fully saturated rings. The minimum Gasteiger partial charge on any atom is -0.497 e. The van der Waals surface area contributed by atoms with E-state index in [-0.39, 0.29) is 5.41 Å². The zero-order valence-electron chi connectivity index (χ0n) is 19.2. The van der Waals surface area contributed by atoms with E-state index in [0.29, 0.717) is 30.0 Å². The molecule has 4 aromatic rings. The van der Waals surface area contributed by atoms with Crippen molar-refractivity contribution in [2.45, 2.75) is 31.7 Å². The van der Waals surface area contributed by atoms with Crippen LogP contribution < -0.4 is 4.74 Å². The number of fused-ring (bicyclic) bond motifs is 2. The maximum absolute atomic E-state index is 5.75. The molecule has 0 bridgehead atoms. The summed E-state index contributed by atoms with van der Waals surface area (Å²) >= 11 is 0. The molecule has 172 valence electrons. The minimum absolute atomic E-state index is 0.0397. The lowest BCUT2D eigenvalue weighted by molar-refractivity contribution is 0.159. The number of hydrogen-bond donors (Lipinski definition) is 0. The molecule has 2 aromatic carbocycles. The molecule has 34 heavy (non-hydrogen) atoms. The molecule has 1 aliphatic heterocycles. The van der Waals surface area contributed by atoms with Crippen molar-refractivity contribution < 1.29 is 13.8 Å². The van der Waals surface area contributed by atoms with Crippen molar-refractivity contribution in [2.24, 2.45) is 0 Å². The van der Waals surface area contributed by atoms with Gasteiger partial charge in [0.25, 0.3) is 5.89 Å². The van der Waals surface area contributed by atoms with Gasteiger partial charge in [-0.05, 0) is 68.2 Å². The molecule has 2 aliphatic rings. The number of ether oxygens (including phenoxy) is 1. The Morgan fingerprint density at radius 3 is 2.50 bits per heavy atom. The van der Waals surface area contributed by atoms with Crippen LogP contribution in [0.25, 0.3) is 17.0 Å². The van der Waals surface area contributed by atoms with Gasteiger partial charge in [0, 0.05) is 16.6 Å². The second-order valence-corrected chi connectivity index (χ2v) is 8.92. The van der Waals surface area contributed by atoms with Crippen molar-refractivity contribution in [1.82, 2.24) is 25.2 Å². The van der Waals surface area contributed by atoms with Gasteiger partial charge in [-0.25, -0.2) is 0 Å². The van der Waals surface area contributed by atoms with Gasteiger partial charge in [-0.3, -0.25) is 4.90 Å². The monoisotopic (exact) mass is 455 g/mol. The summed E-state index contributed by atoms with van der Waals surface area (Å²) in [4.78, 5) is 11.5. The Labute approximate surface area is 197 Å². The predicted molar refractivity (Wildman–Crippen MR) is 125 cm³/mol. The molecule has 0 radical (unpaired) electrons. The van der Waals surface area contributed by atoms with E-state index < -0.39 is 0 Å². The van der Waals surface area contributed by atoms with E-state index >= 15 is 0 Å². The van der Waals surface area contributed by atoms with Gasteiger partial charge >= 0.3 is 0 Å². The molecule has 8 heteroatoms. The number of methoxy groups -OCH3 is 1. The first-order valence-corrected chi connectivity index (χ1v) is 11.5. The van der Waals surface area contributed by atoms with Crippen LogP contribution in [-0.4, -0.2) is 45.4 Å². The summed E-state index contributed by atoms with van der Waals surface area (Å²) in [6.45, 7) is 4.42. The molecule has 0 amide bonds. The zero-order valence-corrected chi connectivity index (χ0v) is 19.2. The molecular formula is C26H25N5O3. The average molecular weight is 456 g/mol. The summed E-state index contributed by atoms with van der Waals surface area (Å²) in [5.41, 5.74) is 4.38. The Hall–Kier alpha value is -3.78. The molecule has 1 saturated heterocycles. The van der Waals surface area contributed by atoms with Crippen LogP contribution in [0.4, 0.5) is 0 Å². The lowest BCUT2D eigenvalue weighted by Gasteiger charge is -2.38. The minimum atomic E-state index is -0.0397. The Balaban J connectivity index is 1.27. The highest BCUT2D eigenvalue weighted by Crippen LogP contribution is 2.48. The van der Waals surface area contributed by atoms with Gasteiger partial charge in [0.05, 0.1) is 13.7 Å².